The first-order valence-corrected chi connectivity index (χ1v) is 10.8. The molecule has 8 nitrogen and oxygen atoms in total. The first-order valence-electron chi connectivity index (χ1n) is 10.8. The minimum atomic E-state index is -1.03. The van der Waals surface area contributed by atoms with Crippen molar-refractivity contribution in [3.05, 3.63) is 0 Å². The molecule has 1 aliphatic rings. The fourth-order valence-corrected chi connectivity index (χ4v) is 2.93. The molecule has 0 aromatic rings. The Hall–Kier alpha value is -1.67. The zero-order valence-electron chi connectivity index (χ0n) is 17.9. The van der Waals surface area contributed by atoms with Crippen molar-refractivity contribution in [3.8, 4) is 0 Å². The molecule has 1 N–H and O–H groups in total. The zero-order valence-corrected chi connectivity index (χ0v) is 17.9. The number of aliphatic hydroxyl groups is 1. The summed E-state index contributed by atoms with van der Waals surface area (Å²) >= 11 is 0. The predicted octanol–water partition coefficient (Wildman–Crippen LogP) is 2.68. The number of esters is 3. The van der Waals surface area contributed by atoms with Crippen LogP contribution >= 0.6 is 0 Å². The van der Waals surface area contributed by atoms with Gasteiger partial charge in [0.25, 0.3) is 0 Å². The molecule has 0 radical (unpaired) electrons. The minimum absolute atomic E-state index is 0.0524. The second-order valence-electron chi connectivity index (χ2n) is 7.34. The van der Waals surface area contributed by atoms with E-state index in [0.717, 1.165) is 19.3 Å². The molecule has 0 saturated carbocycles. The number of unbranched alkanes of at least 4 members (excludes halogenated alkanes) is 3. The number of carbonyl (C=O) groups excluding carboxylic acids is 3. The Morgan fingerprint density at radius 2 is 1.48 bits per heavy atom. The van der Waals surface area contributed by atoms with E-state index in [-0.39, 0.29) is 32.5 Å². The lowest BCUT2D eigenvalue weighted by Gasteiger charge is -2.28. The van der Waals surface area contributed by atoms with Crippen molar-refractivity contribution in [2.24, 2.45) is 0 Å². The third-order valence-corrected chi connectivity index (χ3v) is 4.69. The quantitative estimate of drug-likeness (QED) is 0.340. The van der Waals surface area contributed by atoms with Crippen LogP contribution in [0.1, 0.15) is 78.6 Å². The van der Waals surface area contributed by atoms with Crippen LogP contribution in [-0.4, -0.2) is 60.6 Å². The number of aliphatic hydroxyl groups excluding tert-OH is 1. The first-order chi connectivity index (χ1) is 13.9. The number of ether oxygens (including phenoxy) is 4. The maximum atomic E-state index is 12.1. The van der Waals surface area contributed by atoms with Gasteiger partial charge in [-0.05, 0) is 19.3 Å². The highest BCUT2D eigenvalue weighted by atomic mass is 16.6. The van der Waals surface area contributed by atoms with Gasteiger partial charge < -0.3 is 24.1 Å². The standard InChI is InChI=1S/C21H36O8/c1-4-7-10-17(23)26-14-16(28-18(24)11-8-5-2)21-20(15(22)13-27-21)29-19(25)12-9-6-3/h15-16,20-22H,4-14H2,1-3H3/t15?,16-,20-,21-/m1/s1. The van der Waals surface area contributed by atoms with Crippen LogP contribution in [0, 0.1) is 0 Å². The summed E-state index contributed by atoms with van der Waals surface area (Å²) in [6, 6.07) is 0. The fourth-order valence-electron chi connectivity index (χ4n) is 2.93. The van der Waals surface area contributed by atoms with E-state index < -0.39 is 42.3 Å². The van der Waals surface area contributed by atoms with Crippen molar-refractivity contribution < 1.29 is 38.4 Å². The van der Waals surface area contributed by atoms with Crippen molar-refractivity contribution in [3.63, 3.8) is 0 Å². The molecule has 4 atom stereocenters. The van der Waals surface area contributed by atoms with E-state index in [4.69, 9.17) is 18.9 Å². The zero-order chi connectivity index (χ0) is 21.6. The van der Waals surface area contributed by atoms with Gasteiger partial charge in [0.15, 0.2) is 12.2 Å². The van der Waals surface area contributed by atoms with Gasteiger partial charge >= 0.3 is 17.9 Å². The monoisotopic (exact) mass is 416 g/mol. The fraction of sp³-hybridized carbons (Fsp3) is 0.857. The summed E-state index contributed by atoms with van der Waals surface area (Å²) in [6.45, 7) is 5.63. The topological polar surface area (TPSA) is 108 Å². The summed E-state index contributed by atoms with van der Waals surface area (Å²) in [7, 11) is 0. The van der Waals surface area contributed by atoms with Crippen LogP contribution in [0.5, 0.6) is 0 Å². The lowest BCUT2D eigenvalue weighted by molar-refractivity contribution is -0.177. The smallest absolute Gasteiger partial charge is 0.306 e. The van der Waals surface area contributed by atoms with E-state index in [2.05, 4.69) is 0 Å². The molecule has 1 aliphatic heterocycles. The lowest BCUT2D eigenvalue weighted by atomic mass is 10.1. The second kappa shape index (κ2) is 14.3. The Labute approximate surface area is 173 Å². The van der Waals surface area contributed by atoms with Crippen molar-refractivity contribution in [2.75, 3.05) is 13.2 Å². The van der Waals surface area contributed by atoms with Crippen LogP contribution in [0.4, 0.5) is 0 Å². The molecule has 1 rings (SSSR count). The highest BCUT2D eigenvalue weighted by Crippen LogP contribution is 2.24. The van der Waals surface area contributed by atoms with E-state index in [1.807, 2.05) is 20.8 Å². The number of rotatable bonds is 14. The van der Waals surface area contributed by atoms with E-state index in [1.54, 1.807) is 0 Å². The summed E-state index contributed by atoms with van der Waals surface area (Å²) < 4.78 is 21.7. The highest BCUT2D eigenvalue weighted by molar-refractivity contribution is 5.71. The van der Waals surface area contributed by atoms with E-state index in [1.165, 1.54) is 0 Å². The summed E-state index contributed by atoms with van der Waals surface area (Å²) in [5.74, 6) is -1.28. The van der Waals surface area contributed by atoms with Gasteiger partial charge in [-0.1, -0.05) is 40.0 Å². The molecule has 1 fully saturated rings. The molecule has 0 aromatic carbocycles. The normalized spacial score (nSPS) is 22.1. The molecule has 8 heteroatoms. The molecule has 1 unspecified atom stereocenters. The number of carbonyl (C=O) groups is 3. The molecule has 168 valence electrons. The van der Waals surface area contributed by atoms with Crippen molar-refractivity contribution in [2.45, 2.75) is 103 Å². The molecule has 29 heavy (non-hydrogen) atoms. The van der Waals surface area contributed by atoms with Crippen LogP contribution in [0.2, 0.25) is 0 Å². The van der Waals surface area contributed by atoms with Gasteiger partial charge in [-0.3, -0.25) is 14.4 Å². The minimum Gasteiger partial charge on any atom is -0.462 e. The molecular formula is C21H36O8. The summed E-state index contributed by atoms with van der Waals surface area (Å²) in [5, 5.41) is 10.2. The first kappa shape index (κ1) is 25.4. The number of hydrogen-bond donors (Lipinski definition) is 1. The molecule has 1 saturated heterocycles. The van der Waals surface area contributed by atoms with Gasteiger partial charge in [-0.2, -0.15) is 0 Å². The molecule has 0 amide bonds. The van der Waals surface area contributed by atoms with Gasteiger partial charge in [0.1, 0.15) is 18.8 Å². The van der Waals surface area contributed by atoms with Gasteiger partial charge in [0.05, 0.1) is 6.61 Å². The summed E-state index contributed by atoms with van der Waals surface area (Å²) in [5.41, 5.74) is 0. The van der Waals surface area contributed by atoms with Crippen molar-refractivity contribution >= 4 is 17.9 Å². The Balaban J connectivity index is 2.79. The lowest BCUT2D eigenvalue weighted by Crippen LogP contribution is -2.46. The SMILES string of the molecule is CCCCC(=O)OC[C@@H](OC(=O)CCCC)[C@H]1OCC(O)[C@H]1OC(=O)CCCC. The molecule has 0 spiro atoms. The van der Waals surface area contributed by atoms with E-state index in [9.17, 15) is 19.5 Å². The maximum absolute atomic E-state index is 12.1. The average molecular weight is 417 g/mol. The van der Waals surface area contributed by atoms with Crippen LogP contribution < -0.4 is 0 Å². The van der Waals surface area contributed by atoms with Crippen LogP contribution in [-0.2, 0) is 33.3 Å². The van der Waals surface area contributed by atoms with E-state index in [0.29, 0.717) is 19.3 Å². The highest BCUT2D eigenvalue weighted by Gasteiger charge is 2.45. The molecule has 1 heterocycles. The molecule has 0 bridgehead atoms. The average Bonchev–Trinajstić information content (AvgIpc) is 3.06. The van der Waals surface area contributed by atoms with Crippen LogP contribution in [0.3, 0.4) is 0 Å². The Bertz CT molecular complexity index is 507. The summed E-state index contributed by atoms with van der Waals surface area (Å²) in [4.78, 5) is 36.1. The Morgan fingerprint density at radius 3 is 2.07 bits per heavy atom. The van der Waals surface area contributed by atoms with E-state index >= 15 is 0 Å². The van der Waals surface area contributed by atoms with Gasteiger partial charge in [0, 0.05) is 19.3 Å². The van der Waals surface area contributed by atoms with Gasteiger partial charge in [-0.25, -0.2) is 0 Å². The number of hydrogen-bond acceptors (Lipinski definition) is 8. The molecule has 0 aromatic heterocycles. The van der Waals surface area contributed by atoms with Crippen LogP contribution in [0.25, 0.3) is 0 Å². The van der Waals surface area contributed by atoms with Crippen molar-refractivity contribution in [1.82, 2.24) is 0 Å². The second-order valence-corrected chi connectivity index (χ2v) is 7.34. The van der Waals surface area contributed by atoms with Gasteiger partial charge in [-0.15, -0.1) is 0 Å². The molecule has 0 aliphatic carbocycles. The molecular weight excluding hydrogens is 380 g/mol. The maximum Gasteiger partial charge on any atom is 0.306 e. The predicted molar refractivity (Wildman–Crippen MR) is 105 cm³/mol. The van der Waals surface area contributed by atoms with Crippen LogP contribution in [0.15, 0.2) is 0 Å². The third kappa shape index (κ3) is 9.58. The largest absolute Gasteiger partial charge is 0.462 e. The Morgan fingerprint density at radius 1 is 0.931 bits per heavy atom. The third-order valence-electron chi connectivity index (χ3n) is 4.69. The summed E-state index contributed by atoms with van der Waals surface area (Å²) in [6.07, 6.45) is 1.48. The Kier molecular flexibility index (Phi) is 12.5. The van der Waals surface area contributed by atoms with Crippen molar-refractivity contribution in [1.29, 1.82) is 0 Å². The van der Waals surface area contributed by atoms with Gasteiger partial charge in [0.2, 0.25) is 0 Å².